The van der Waals surface area contributed by atoms with Gasteiger partial charge in [0.2, 0.25) is 5.82 Å². The van der Waals surface area contributed by atoms with Crippen molar-refractivity contribution in [2.45, 2.75) is 25.4 Å². The van der Waals surface area contributed by atoms with E-state index in [2.05, 4.69) is 14.7 Å². The second-order valence-electron chi connectivity index (χ2n) is 4.13. The number of hydrogen-bond donors (Lipinski definition) is 0. The summed E-state index contributed by atoms with van der Waals surface area (Å²) in [5, 5.41) is 0. The Balaban J connectivity index is 2.24. The molecular formula is C11H11F3N2O2. The highest BCUT2D eigenvalue weighted by atomic mass is 19.4. The summed E-state index contributed by atoms with van der Waals surface area (Å²) in [5.74, 6) is -1.79. The molecule has 0 radical (unpaired) electrons. The van der Waals surface area contributed by atoms with Gasteiger partial charge in [0.05, 0.1) is 13.0 Å². The molecule has 0 fully saturated rings. The lowest BCUT2D eigenvalue weighted by atomic mass is 9.87. The number of aromatic nitrogens is 2. The molecule has 4 nitrogen and oxygen atoms in total. The lowest BCUT2D eigenvalue weighted by molar-refractivity contribution is -0.147. The third-order valence-corrected chi connectivity index (χ3v) is 2.94. The molecule has 7 heteroatoms. The van der Waals surface area contributed by atoms with Crippen LogP contribution in [0.2, 0.25) is 0 Å². The molecule has 0 aromatic carbocycles. The van der Waals surface area contributed by atoms with Crippen molar-refractivity contribution in [3.63, 3.8) is 0 Å². The van der Waals surface area contributed by atoms with Gasteiger partial charge in [0.25, 0.3) is 0 Å². The minimum absolute atomic E-state index is 0.317. The molecule has 0 unspecified atom stereocenters. The molecule has 0 spiro atoms. The van der Waals surface area contributed by atoms with E-state index in [9.17, 15) is 18.0 Å². The molecule has 0 saturated carbocycles. The Morgan fingerprint density at radius 1 is 1.50 bits per heavy atom. The Kier molecular flexibility index (Phi) is 3.23. The smallest absolute Gasteiger partial charge is 0.451 e. The number of esters is 1. The number of alkyl halides is 3. The van der Waals surface area contributed by atoms with E-state index in [-0.39, 0.29) is 11.9 Å². The van der Waals surface area contributed by atoms with Crippen LogP contribution in [0.1, 0.15) is 23.5 Å². The monoisotopic (exact) mass is 260 g/mol. The van der Waals surface area contributed by atoms with Crippen molar-refractivity contribution in [3.8, 4) is 0 Å². The van der Waals surface area contributed by atoms with Gasteiger partial charge in [0, 0.05) is 11.9 Å². The fourth-order valence-corrected chi connectivity index (χ4v) is 2.01. The highest BCUT2D eigenvalue weighted by Crippen LogP contribution is 2.29. The van der Waals surface area contributed by atoms with Crippen molar-refractivity contribution in [2.75, 3.05) is 7.11 Å². The molecule has 1 aliphatic rings. The van der Waals surface area contributed by atoms with E-state index in [0.717, 1.165) is 6.20 Å². The first-order valence-electron chi connectivity index (χ1n) is 5.41. The number of fused-ring (bicyclic) bond motifs is 1. The van der Waals surface area contributed by atoms with Crippen LogP contribution >= 0.6 is 0 Å². The molecule has 0 bridgehead atoms. The number of hydrogen-bond acceptors (Lipinski definition) is 4. The third-order valence-electron chi connectivity index (χ3n) is 2.94. The van der Waals surface area contributed by atoms with Crippen LogP contribution in [0.25, 0.3) is 0 Å². The molecule has 0 N–H and O–H groups in total. The number of ether oxygens (including phenoxy) is 1. The molecule has 1 aliphatic carbocycles. The Hall–Kier alpha value is -1.66. The zero-order valence-electron chi connectivity index (χ0n) is 9.62. The molecule has 18 heavy (non-hydrogen) atoms. The summed E-state index contributed by atoms with van der Waals surface area (Å²) in [6.07, 6.45) is -2.26. The average Bonchev–Trinajstić information content (AvgIpc) is 2.35. The molecule has 2 rings (SSSR count). The molecule has 0 aliphatic heterocycles. The van der Waals surface area contributed by atoms with Gasteiger partial charge in [-0.15, -0.1) is 0 Å². The molecular weight excluding hydrogens is 249 g/mol. The highest BCUT2D eigenvalue weighted by Gasteiger charge is 2.36. The fraction of sp³-hybridized carbons (Fsp3) is 0.545. The molecule has 98 valence electrons. The maximum Gasteiger partial charge on any atom is 0.451 e. The Labute approximate surface area is 101 Å². The van der Waals surface area contributed by atoms with Gasteiger partial charge in [-0.1, -0.05) is 0 Å². The van der Waals surface area contributed by atoms with Crippen LogP contribution in [0.3, 0.4) is 0 Å². The zero-order valence-corrected chi connectivity index (χ0v) is 9.62. The first kappa shape index (κ1) is 12.8. The summed E-state index contributed by atoms with van der Waals surface area (Å²) in [6.45, 7) is 0. The Morgan fingerprint density at radius 3 is 2.83 bits per heavy atom. The van der Waals surface area contributed by atoms with Gasteiger partial charge in [0.1, 0.15) is 0 Å². The molecule has 1 aromatic rings. The number of rotatable bonds is 1. The van der Waals surface area contributed by atoms with Gasteiger partial charge in [-0.3, -0.25) is 4.79 Å². The summed E-state index contributed by atoms with van der Waals surface area (Å²) >= 11 is 0. The van der Waals surface area contributed by atoms with Gasteiger partial charge < -0.3 is 4.74 Å². The number of aryl methyl sites for hydroxylation is 1. The van der Waals surface area contributed by atoms with E-state index in [0.29, 0.717) is 30.5 Å². The van der Waals surface area contributed by atoms with Gasteiger partial charge in [-0.2, -0.15) is 13.2 Å². The summed E-state index contributed by atoms with van der Waals surface area (Å²) in [6, 6.07) is 0. The van der Waals surface area contributed by atoms with Crippen LogP contribution < -0.4 is 0 Å². The average molecular weight is 260 g/mol. The first-order chi connectivity index (χ1) is 8.41. The summed E-state index contributed by atoms with van der Waals surface area (Å²) < 4.78 is 41.9. The maximum absolute atomic E-state index is 12.4. The van der Waals surface area contributed by atoms with E-state index in [1.165, 1.54) is 7.11 Å². The largest absolute Gasteiger partial charge is 0.469 e. The lowest BCUT2D eigenvalue weighted by Crippen LogP contribution is -2.25. The second kappa shape index (κ2) is 4.55. The van der Waals surface area contributed by atoms with Crippen molar-refractivity contribution in [1.29, 1.82) is 0 Å². The van der Waals surface area contributed by atoms with E-state index < -0.39 is 12.0 Å². The van der Waals surface area contributed by atoms with Crippen LogP contribution in [-0.4, -0.2) is 23.0 Å². The topological polar surface area (TPSA) is 52.1 Å². The van der Waals surface area contributed by atoms with Crippen molar-refractivity contribution >= 4 is 5.97 Å². The molecule has 0 saturated heterocycles. The van der Waals surface area contributed by atoms with Crippen molar-refractivity contribution < 1.29 is 22.7 Å². The van der Waals surface area contributed by atoms with E-state index in [4.69, 9.17) is 0 Å². The van der Waals surface area contributed by atoms with Gasteiger partial charge in [0.15, 0.2) is 0 Å². The fourth-order valence-electron chi connectivity index (χ4n) is 2.01. The minimum Gasteiger partial charge on any atom is -0.469 e. The molecule has 0 amide bonds. The second-order valence-corrected chi connectivity index (χ2v) is 4.13. The number of nitrogens with zero attached hydrogens (tertiary/aromatic N) is 2. The number of carbonyl (C=O) groups excluding carboxylic acids is 1. The lowest BCUT2D eigenvalue weighted by Gasteiger charge is -2.22. The minimum atomic E-state index is -4.53. The van der Waals surface area contributed by atoms with Crippen molar-refractivity contribution in [1.82, 2.24) is 9.97 Å². The summed E-state index contributed by atoms with van der Waals surface area (Å²) in [7, 11) is 1.29. The Morgan fingerprint density at radius 2 is 2.22 bits per heavy atom. The predicted octanol–water partition coefficient (Wildman–Crippen LogP) is 1.77. The van der Waals surface area contributed by atoms with Crippen LogP contribution in [0.5, 0.6) is 0 Å². The quantitative estimate of drug-likeness (QED) is 0.722. The van der Waals surface area contributed by atoms with Gasteiger partial charge >= 0.3 is 12.1 Å². The predicted molar refractivity (Wildman–Crippen MR) is 54.6 cm³/mol. The number of methoxy groups -OCH3 is 1. The number of carbonyl (C=O) groups is 1. The standard InChI is InChI=1S/C11H11F3N2O2/c1-18-9(17)6-2-3-8-7(4-6)5-15-10(16-8)11(12,13)14/h5-6H,2-4H2,1H3/t6-/m1/s1. The first-order valence-corrected chi connectivity index (χ1v) is 5.41. The van der Waals surface area contributed by atoms with E-state index >= 15 is 0 Å². The SMILES string of the molecule is COC(=O)[C@@H]1CCc2nc(C(F)(F)F)ncc2C1. The Bertz CT molecular complexity index is 474. The van der Waals surface area contributed by atoms with Crippen LogP contribution in [-0.2, 0) is 28.5 Å². The summed E-state index contributed by atoms with van der Waals surface area (Å²) in [5.41, 5.74) is 0.960. The molecule has 1 aromatic heterocycles. The summed E-state index contributed by atoms with van der Waals surface area (Å²) in [4.78, 5) is 18.2. The molecule has 1 atom stereocenters. The number of halogens is 3. The van der Waals surface area contributed by atoms with E-state index in [1.807, 2.05) is 0 Å². The maximum atomic E-state index is 12.4. The molecule has 1 heterocycles. The highest BCUT2D eigenvalue weighted by molar-refractivity contribution is 5.73. The van der Waals surface area contributed by atoms with Crippen LogP contribution in [0.4, 0.5) is 13.2 Å². The van der Waals surface area contributed by atoms with Crippen LogP contribution in [0, 0.1) is 5.92 Å². The van der Waals surface area contributed by atoms with Crippen molar-refractivity contribution in [3.05, 3.63) is 23.3 Å². The van der Waals surface area contributed by atoms with Gasteiger partial charge in [-0.05, 0) is 24.8 Å². The van der Waals surface area contributed by atoms with Gasteiger partial charge in [-0.25, -0.2) is 9.97 Å². The van der Waals surface area contributed by atoms with Crippen molar-refractivity contribution in [2.24, 2.45) is 5.92 Å². The van der Waals surface area contributed by atoms with E-state index in [1.54, 1.807) is 0 Å². The zero-order chi connectivity index (χ0) is 13.3. The third kappa shape index (κ3) is 2.44. The normalized spacial score (nSPS) is 19.2. The van der Waals surface area contributed by atoms with Crippen LogP contribution in [0.15, 0.2) is 6.20 Å².